The van der Waals surface area contributed by atoms with Gasteiger partial charge < -0.3 is 22.4 Å². The van der Waals surface area contributed by atoms with Gasteiger partial charge in [0.15, 0.2) is 0 Å². The van der Waals surface area contributed by atoms with Crippen LogP contribution in [0.15, 0.2) is 18.2 Å². The molecular weight excluding hydrogens is 290 g/mol. The van der Waals surface area contributed by atoms with E-state index in [1.165, 1.54) is 0 Å². The van der Waals surface area contributed by atoms with Crippen molar-refractivity contribution in [3.63, 3.8) is 0 Å². The summed E-state index contributed by atoms with van der Waals surface area (Å²) < 4.78 is 60.8. The van der Waals surface area contributed by atoms with Gasteiger partial charge in [0.05, 0.1) is 12.4 Å². The smallest absolute Gasteiger partial charge is 0.494 e. The summed E-state index contributed by atoms with van der Waals surface area (Å²) in [6.45, 7) is -2.65. The van der Waals surface area contributed by atoms with E-state index in [0.717, 1.165) is 18.6 Å². The molecule has 0 fully saturated rings. The molecule has 0 unspecified atom stereocenters. The Hall–Kier alpha value is 0.401. The monoisotopic (exact) mass is 304 g/mol. The molecule has 1 rings (SSSR count). The molecule has 1 aromatic carbocycles. The first kappa shape index (κ1) is 19.4. The molecule has 19 heavy (non-hydrogen) atoms. The van der Waals surface area contributed by atoms with E-state index in [4.69, 9.17) is 9.47 Å². The van der Waals surface area contributed by atoms with Crippen LogP contribution >= 0.6 is 0 Å². The van der Waals surface area contributed by atoms with E-state index in [1.807, 2.05) is 6.92 Å². The van der Waals surface area contributed by atoms with Crippen molar-refractivity contribution in [3.05, 3.63) is 24.0 Å². The summed E-state index contributed by atoms with van der Waals surface area (Å²) in [7, 11) is 0. The molecule has 0 amide bonds. The van der Waals surface area contributed by atoms with Crippen molar-refractivity contribution in [3.8, 4) is 5.75 Å². The number of hydrogen-bond donors (Lipinski definition) is 0. The van der Waals surface area contributed by atoms with Gasteiger partial charge >= 0.3 is 58.4 Å². The zero-order valence-corrected chi connectivity index (χ0v) is 14.1. The van der Waals surface area contributed by atoms with Gasteiger partial charge in [0.25, 0.3) is 0 Å². The first-order chi connectivity index (χ1) is 8.45. The van der Waals surface area contributed by atoms with Gasteiger partial charge in [0, 0.05) is 12.7 Å². The second-order valence-corrected chi connectivity index (χ2v) is 3.72. The van der Waals surface area contributed by atoms with Gasteiger partial charge in [-0.15, -0.1) is 0 Å². The van der Waals surface area contributed by atoms with E-state index in [1.54, 1.807) is 0 Å². The normalized spacial score (nSPS) is 11.0. The van der Waals surface area contributed by atoms with E-state index in [0.29, 0.717) is 12.7 Å². The SMILES string of the molecule is CCCOCCOc1cc(F)ccc1[B-](F)(F)F.[K+]. The average molecular weight is 304 g/mol. The summed E-state index contributed by atoms with van der Waals surface area (Å²) in [5, 5.41) is 0. The van der Waals surface area contributed by atoms with Crippen molar-refractivity contribution < 1.29 is 78.2 Å². The molecule has 0 radical (unpaired) electrons. The van der Waals surface area contributed by atoms with Crippen LogP contribution < -0.4 is 61.6 Å². The Balaban J connectivity index is 0.00000324. The molecule has 0 atom stereocenters. The second-order valence-electron chi connectivity index (χ2n) is 3.72. The minimum absolute atomic E-state index is 0. The van der Waals surface area contributed by atoms with Crippen molar-refractivity contribution in [2.24, 2.45) is 0 Å². The van der Waals surface area contributed by atoms with Gasteiger partial charge in [0.1, 0.15) is 12.4 Å². The van der Waals surface area contributed by atoms with E-state index >= 15 is 0 Å². The molecule has 0 aliphatic rings. The molecule has 102 valence electrons. The Kier molecular flexibility index (Phi) is 9.56. The first-order valence-corrected chi connectivity index (χ1v) is 5.65. The summed E-state index contributed by atoms with van der Waals surface area (Å²) in [4.78, 5) is 0. The van der Waals surface area contributed by atoms with Crippen molar-refractivity contribution in [1.82, 2.24) is 0 Å². The summed E-state index contributed by atoms with van der Waals surface area (Å²) in [5.74, 6) is -1.24. The van der Waals surface area contributed by atoms with E-state index in [-0.39, 0.29) is 64.6 Å². The zero-order chi connectivity index (χ0) is 13.6. The number of halogens is 4. The maximum atomic E-state index is 12.9. The molecule has 0 saturated carbocycles. The molecule has 0 aliphatic heterocycles. The summed E-state index contributed by atoms with van der Waals surface area (Å²) in [5.41, 5.74) is -0.924. The fraction of sp³-hybridized carbons (Fsp3) is 0.455. The molecular formula is C11H14BF4KO2. The molecule has 0 bridgehead atoms. The molecule has 0 aromatic heterocycles. The van der Waals surface area contributed by atoms with Gasteiger partial charge in [-0.2, -0.15) is 0 Å². The molecule has 0 heterocycles. The molecule has 0 spiro atoms. The Bertz CT molecular complexity index is 387. The largest absolute Gasteiger partial charge is 1.00 e. The number of rotatable bonds is 7. The fourth-order valence-electron chi connectivity index (χ4n) is 1.36. The first-order valence-electron chi connectivity index (χ1n) is 5.65. The van der Waals surface area contributed by atoms with E-state index in [9.17, 15) is 17.3 Å². The quantitative estimate of drug-likeness (QED) is 0.391. The third-order valence-corrected chi connectivity index (χ3v) is 2.16. The van der Waals surface area contributed by atoms with Gasteiger partial charge in [-0.3, -0.25) is 0 Å². The summed E-state index contributed by atoms with van der Waals surface area (Å²) in [6, 6.07) is 2.20. The van der Waals surface area contributed by atoms with Crippen LogP contribution in [0.4, 0.5) is 17.3 Å². The molecule has 0 N–H and O–H groups in total. The van der Waals surface area contributed by atoms with E-state index in [2.05, 4.69) is 0 Å². The third kappa shape index (κ3) is 7.10. The van der Waals surface area contributed by atoms with E-state index < -0.39 is 24.0 Å². The number of ether oxygens (including phenoxy) is 2. The minimum Gasteiger partial charge on any atom is -0.494 e. The van der Waals surface area contributed by atoms with Crippen LogP contribution in [0.5, 0.6) is 5.75 Å². The maximum Gasteiger partial charge on any atom is 1.00 e. The van der Waals surface area contributed by atoms with Crippen LogP contribution in [0.3, 0.4) is 0 Å². The number of hydrogen-bond acceptors (Lipinski definition) is 2. The topological polar surface area (TPSA) is 18.5 Å². The maximum absolute atomic E-state index is 12.9. The zero-order valence-electron chi connectivity index (χ0n) is 11.0. The van der Waals surface area contributed by atoms with Crippen LogP contribution in [-0.2, 0) is 4.74 Å². The Morgan fingerprint density at radius 3 is 2.37 bits per heavy atom. The Morgan fingerprint density at radius 1 is 1.11 bits per heavy atom. The van der Waals surface area contributed by atoms with Crippen LogP contribution in [0.1, 0.15) is 13.3 Å². The number of benzene rings is 1. The third-order valence-electron chi connectivity index (χ3n) is 2.16. The average Bonchev–Trinajstić information content (AvgIpc) is 2.27. The summed E-state index contributed by atoms with van der Waals surface area (Å²) >= 11 is 0. The molecule has 8 heteroatoms. The van der Waals surface area contributed by atoms with Crippen LogP contribution in [0.25, 0.3) is 0 Å². The molecule has 1 aromatic rings. The standard InChI is InChI=1S/C11H14BF4O2.K/c1-2-5-17-6-7-18-11-8-9(13)3-4-10(11)12(14,15)16;/h3-4,8H,2,5-7H2,1H3;/q-1;+1. The van der Waals surface area contributed by atoms with Gasteiger partial charge in [-0.1, -0.05) is 18.5 Å². The molecule has 0 aliphatic carbocycles. The predicted octanol–water partition coefficient (Wildman–Crippen LogP) is -0.310. The van der Waals surface area contributed by atoms with Crippen LogP contribution in [0, 0.1) is 5.82 Å². The van der Waals surface area contributed by atoms with Gasteiger partial charge in [-0.05, 0) is 12.5 Å². The predicted molar refractivity (Wildman–Crippen MR) is 61.7 cm³/mol. The van der Waals surface area contributed by atoms with Gasteiger partial charge in [-0.25, -0.2) is 4.39 Å². The van der Waals surface area contributed by atoms with Crippen molar-refractivity contribution in [2.45, 2.75) is 13.3 Å². The second kappa shape index (κ2) is 9.36. The fourth-order valence-corrected chi connectivity index (χ4v) is 1.36. The Labute approximate surface area is 152 Å². The van der Waals surface area contributed by atoms with Crippen molar-refractivity contribution in [2.75, 3.05) is 19.8 Å². The summed E-state index contributed by atoms with van der Waals surface area (Å²) in [6.07, 6.45) is 0.816. The van der Waals surface area contributed by atoms with Crippen molar-refractivity contribution in [1.29, 1.82) is 0 Å². The Morgan fingerprint density at radius 2 is 1.79 bits per heavy atom. The van der Waals surface area contributed by atoms with Gasteiger partial charge in [0.2, 0.25) is 0 Å². The molecule has 2 nitrogen and oxygen atoms in total. The van der Waals surface area contributed by atoms with Crippen LogP contribution in [0.2, 0.25) is 0 Å². The van der Waals surface area contributed by atoms with Crippen LogP contribution in [-0.4, -0.2) is 26.8 Å². The minimum atomic E-state index is -5.21. The van der Waals surface area contributed by atoms with Crippen molar-refractivity contribution >= 4 is 12.4 Å². The molecule has 0 saturated heterocycles.